The smallest absolute Gasteiger partial charge is 0.137 e. The first-order valence-corrected chi connectivity index (χ1v) is 28.1. The summed E-state index contributed by atoms with van der Waals surface area (Å²) in [7, 11) is 0. The maximum atomic E-state index is 7.28. The van der Waals surface area contributed by atoms with Crippen molar-refractivity contribution in [2.24, 2.45) is 0 Å². The third-order valence-corrected chi connectivity index (χ3v) is 16.8. The molecule has 0 N–H and O–H groups in total. The van der Waals surface area contributed by atoms with Crippen molar-refractivity contribution in [1.82, 2.24) is 9.55 Å². The van der Waals surface area contributed by atoms with Crippen LogP contribution in [0.2, 0.25) is 0 Å². The van der Waals surface area contributed by atoms with E-state index in [0.717, 1.165) is 61.6 Å². The van der Waals surface area contributed by atoms with Crippen LogP contribution in [0.4, 0.5) is 11.4 Å². The second kappa shape index (κ2) is 20.4. The van der Waals surface area contributed by atoms with E-state index in [-0.39, 0.29) is 10.8 Å². The third-order valence-electron chi connectivity index (χ3n) is 16.8. The molecule has 80 heavy (non-hydrogen) atoms. The number of allylic oxidation sites excluding steroid dienone is 2. The zero-order valence-electron chi connectivity index (χ0n) is 47.6. The van der Waals surface area contributed by atoms with Gasteiger partial charge in [-0.3, -0.25) is 4.57 Å². The van der Waals surface area contributed by atoms with Gasteiger partial charge in [0.25, 0.3) is 0 Å². The number of aromatic nitrogens is 2. The molecule has 3 heterocycles. The maximum Gasteiger partial charge on any atom is 0.137 e. The van der Waals surface area contributed by atoms with Gasteiger partial charge in [0.2, 0.25) is 0 Å². The second-order valence-corrected chi connectivity index (χ2v) is 24.2. The van der Waals surface area contributed by atoms with Gasteiger partial charge in [0.1, 0.15) is 17.3 Å². The van der Waals surface area contributed by atoms with Crippen LogP contribution in [0.5, 0.6) is 11.5 Å². The molecule has 12 rings (SSSR count). The van der Waals surface area contributed by atoms with E-state index in [1.807, 2.05) is 6.20 Å². The average Bonchev–Trinajstić information content (AvgIpc) is 4.18. The van der Waals surface area contributed by atoms with Crippen molar-refractivity contribution in [3.63, 3.8) is 0 Å². The normalized spacial score (nSPS) is 13.4. The molecule has 0 saturated carbocycles. The van der Waals surface area contributed by atoms with Gasteiger partial charge in [-0.25, -0.2) is 4.98 Å². The molecule has 9 aromatic carbocycles. The minimum atomic E-state index is -0.481. The molecule has 0 spiro atoms. The van der Waals surface area contributed by atoms with E-state index in [9.17, 15) is 0 Å². The molecule has 0 amide bonds. The summed E-state index contributed by atoms with van der Waals surface area (Å²) in [6.45, 7) is 21.7. The quantitative estimate of drug-likeness (QED) is 0.115. The van der Waals surface area contributed by atoms with Crippen molar-refractivity contribution in [3.05, 3.63) is 288 Å². The van der Waals surface area contributed by atoms with E-state index in [1.165, 1.54) is 50.3 Å². The predicted octanol–water partition coefficient (Wildman–Crippen LogP) is 19.4. The van der Waals surface area contributed by atoms with E-state index < -0.39 is 10.8 Å². The lowest BCUT2D eigenvalue weighted by atomic mass is 9.73. The minimum Gasteiger partial charge on any atom is -0.457 e. The Hall–Kier alpha value is -8.93. The molecule has 1 aliphatic heterocycles. The number of anilines is 2. The minimum absolute atomic E-state index is 0.114. The molecule has 0 fully saturated rings. The summed E-state index contributed by atoms with van der Waals surface area (Å²) >= 11 is 0. The predicted molar refractivity (Wildman–Crippen MR) is 335 cm³/mol. The van der Waals surface area contributed by atoms with Crippen molar-refractivity contribution >= 4 is 33.2 Å². The molecule has 5 nitrogen and oxygen atoms in total. The Morgan fingerprint density at radius 1 is 0.350 bits per heavy atom. The number of pyridine rings is 1. The van der Waals surface area contributed by atoms with E-state index in [0.29, 0.717) is 6.67 Å². The summed E-state index contributed by atoms with van der Waals surface area (Å²) in [6.07, 6.45) is 1.95. The largest absolute Gasteiger partial charge is 0.457 e. The average molecular weight is 1040 g/mol. The van der Waals surface area contributed by atoms with Crippen LogP contribution in [0.15, 0.2) is 260 Å². The topological polar surface area (TPSA) is 33.5 Å². The number of hydrogen-bond acceptors (Lipinski definition) is 4. The number of ether oxygens (including phenoxy) is 1. The summed E-state index contributed by atoms with van der Waals surface area (Å²) in [5, 5.41) is 2.30. The van der Waals surface area contributed by atoms with E-state index >= 15 is 0 Å². The number of para-hydroxylation sites is 1. The molecule has 0 aliphatic carbocycles. The molecule has 0 radical (unpaired) electrons. The molecular weight excluding hydrogens is 973 g/mol. The highest BCUT2D eigenvalue weighted by molar-refractivity contribution is 6.09. The van der Waals surface area contributed by atoms with Crippen LogP contribution in [-0.4, -0.2) is 16.2 Å². The van der Waals surface area contributed by atoms with Crippen LogP contribution < -0.4 is 14.5 Å². The fourth-order valence-electron chi connectivity index (χ4n) is 12.2. The van der Waals surface area contributed by atoms with Crippen LogP contribution >= 0.6 is 0 Å². The van der Waals surface area contributed by atoms with Crippen molar-refractivity contribution in [2.75, 3.05) is 16.5 Å². The van der Waals surface area contributed by atoms with Crippen LogP contribution in [0.25, 0.3) is 49.9 Å². The molecule has 0 bridgehead atoms. The molecule has 0 atom stereocenters. The fraction of sp³-hybridized carbons (Fsp3) is 0.187. The Balaban J connectivity index is 1.05. The number of fused-ring (bicyclic) bond motifs is 3. The van der Waals surface area contributed by atoms with Crippen molar-refractivity contribution in [2.45, 2.75) is 84.0 Å². The summed E-state index contributed by atoms with van der Waals surface area (Å²) in [5.74, 6) is 2.34. The van der Waals surface area contributed by atoms with Gasteiger partial charge in [-0.1, -0.05) is 238 Å². The van der Waals surface area contributed by atoms with Crippen LogP contribution in [0, 0.1) is 0 Å². The highest BCUT2D eigenvalue weighted by Gasteiger charge is 2.46. The fourth-order valence-corrected chi connectivity index (χ4v) is 12.2. The second-order valence-electron chi connectivity index (χ2n) is 24.2. The SMILES string of the molecule is CC(C)(C)c1cc(-c2ccccc2)cc(N2CN(c3cc(Oc4ccc5c6ccccc6n(-c6cc(C(C)(C)c7ccccc7)ccn6)c5c4)cc(-c4ccccc4)c3)C(C(C)(C)c3ccccc3)=C2C(C)(C)c2ccccc2)c1. The Kier molecular flexibility index (Phi) is 13.2. The first-order chi connectivity index (χ1) is 38.6. The lowest BCUT2D eigenvalue weighted by molar-refractivity contribution is 0.483. The van der Waals surface area contributed by atoms with E-state index in [4.69, 9.17) is 9.72 Å². The van der Waals surface area contributed by atoms with E-state index in [1.54, 1.807) is 0 Å². The Bertz CT molecular complexity index is 4060. The number of benzene rings is 9. The Morgan fingerprint density at radius 2 is 0.825 bits per heavy atom. The maximum absolute atomic E-state index is 7.28. The molecule has 0 saturated heterocycles. The van der Waals surface area contributed by atoms with Gasteiger partial charge >= 0.3 is 0 Å². The molecule has 396 valence electrons. The van der Waals surface area contributed by atoms with Crippen LogP contribution in [-0.2, 0) is 21.7 Å². The van der Waals surface area contributed by atoms with E-state index in [2.05, 4.69) is 319 Å². The summed E-state index contributed by atoms with van der Waals surface area (Å²) in [4.78, 5) is 10.3. The summed E-state index contributed by atoms with van der Waals surface area (Å²) in [5.41, 5.74) is 16.3. The lowest BCUT2D eigenvalue weighted by Crippen LogP contribution is -2.34. The van der Waals surface area contributed by atoms with Crippen LogP contribution in [0.1, 0.15) is 90.1 Å². The Labute approximate surface area is 473 Å². The number of nitrogens with zero attached hydrogens (tertiary/aromatic N) is 4. The number of hydrogen-bond donors (Lipinski definition) is 0. The van der Waals surface area contributed by atoms with Crippen molar-refractivity contribution in [1.29, 1.82) is 0 Å². The van der Waals surface area contributed by atoms with Gasteiger partial charge < -0.3 is 14.5 Å². The number of rotatable bonds is 13. The zero-order chi connectivity index (χ0) is 55.4. The lowest BCUT2D eigenvalue weighted by Gasteiger charge is -2.38. The van der Waals surface area contributed by atoms with Gasteiger partial charge in [-0.2, -0.15) is 0 Å². The zero-order valence-corrected chi connectivity index (χ0v) is 47.6. The molecule has 2 aromatic heterocycles. The molecule has 0 unspecified atom stereocenters. The Morgan fingerprint density at radius 3 is 1.38 bits per heavy atom. The van der Waals surface area contributed by atoms with Gasteiger partial charge in [0.15, 0.2) is 0 Å². The van der Waals surface area contributed by atoms with Gasteiger partial charge in [0, 0.05) is 56.7 Å². The summed E-state index contributed by atoms with van der Waals surface area (Å²) in [6, 6.07) is 87.9. The molecular formula is C75H70N4O. The molecule has 11 aromatic rings. The van der Waals surface area contributed by atoms with Gasteiger partial charge in [-0.15, -0.1) is 0 Å². The molecule has 5 heteroatoms. The highest BCUT2D eigenvalue weighted by atomic mass is 16.5. The van der Waals surface area contributed by atoms with Gasteiger partial charge in [-0.05, 0) is 110 Å². The first kappa shape index (κ1) is 51.8. The summed E-state index contributed by atoms with van der Waals surface area (Å²) < 4.78 is 9.57. The monoisotopic (exact) mass is 1040 g/mol. The van der Waals surface area contributed by atoms with Crippen molar-refractivity contribution in [3.8, 4) is 39.6 Å². The van der Waals surface area contributed by atoms with Gasteiger partial charge in [0.05, 0.1) is 29.1 Å². The standard InChI is InChI=1S/C75H70N4O/c1-72(2,3)60-43-54(52-27-15-10-16-28-52)44-61(47-60)77-51-78(71(75(8,9)58-35-23-14-24-36-58)70(77)74(6,7)57-33-21-13-22-34-57)62-45-55(53-29-17-11-18-30-53)46-64(49-62)80-63-39-40-66-65-37-25-26-38-67(65)79(68(66)50-63)69-48-59(41-42-76-69)73(4,5)56-31-19-12-20-32-56/h10-50H,51H2,1-9H3. The van der Waals surface area contributed by atoms with Crippen LogP contribution in [0.3, 0.4) is 0 Å². The molecule has 1 aliphatic rings. The first-order valence-electron chi connectivity index (χ1n) is 28.1. The highest BCUT2D eigenvalue weighted by Crippen LogP contribution is 2.52. The van der Waals surface area contributed by atoms with Crippen molar-refractivity contribution < 1.29 is 4.74 Å². The third kappa shape index (κ3) is 9.55.